The molecule has 0 fully saturated rings. The number of benzene rings is 1. The third-order valence-electron chi connectivity index (χ3n) is 2.84. The van der Waals surface area contributed by atoms with Crippen molar-refractivity contribution in [3.63, 3.8) is 0 Å². The van der Waals surface area contributed by atoms with Gasteiger partial charge in [-0.1, -0.05) is 29.8 Å². The largest absolute Gasteiger partial charge is 0.493 e. The molecule has 1 atom stereocenters. The minimum atomic E-state index is 0.308. The van der Waals surface area contributed by atoms with Crippen LogP contribution in [0.3, 0.4) is 0 Å². The number of hydrogen-bond acceptors (Lipinski definition) is 3. The van der Waals surface area contributed by atoms with Crippen LogP contribution in [0.4, 0.5) is 0 Å². The second-order valence-electron chi connectivity index (χ2n) is 4.36. The fraction of sp³-hybridized carbons (Fsp3) is 0.600. The lowest BCUT2D eigenvalue weighted by Crippen LogP contribution is -2.18. The maximum atomic E-state index is 5.93. The summed E-state index contributed by atoms with van der Waals surface area (Å²) in [5.74, 6) is 3.35. The van der Waals surface area contributed by atoms with E-state index in [0.29, 0.717) is 6.04 Å². The molecule has 1 aromatic carbocycles. The van der Waals surface area contributed by atoms with E-state index in [9.17, 15) is 0 Å². The molecule has 1 unspecified atom stereocenters. The summed E-state index contributed by atoms with van der Waals surface area (Å²) in [6.07, 6.45) is 1.10. The quantitative estimate of drug-likeness (QED) is 0.658. The molecule has 0 saturated heterocycles. The molecule has 108 valence electrons. The van der Waals surface area contributed by atoms with Crippen molar-refractivity contribution in [2.45, 2.75) is 33.2 Å². The Labute approximate surface area is 129 Å². The molecule has 1 rings (SSSR count). The van der Waals surface area contributed by atoms with Crippen molar-refractivity contribution < 1.29 is 4.74 Å². The molecular formula is C15H24BrNOS. The van der Waals surface area contributed by atoms with Crippen molar-refractivity contribution >= 4 is 27.7 Å². The summed E-state index contributed by atoms with van der Waals surface area (Å²) in [6.45, 7) is 8.24. The van der Waals surface area contributed by atoms with Crippen molar-refractivity contribution in [1.29, 1.82) is 0 Å². The molecule has 0 aliphatic rings. The SMILES string of the molecule is CCNC(C)c1cc(Br)ccc1OCCCSCC. The predicted octanol–water partition coefficient (Wildman–Crippen LogP) is 4.64. The van der Waals surface area contributed by atoms with Gasteiger partial charge in [0.05, 0.1) is 6.61 Å². The zero-order chi connectivity index (χ0) is 14.1. The van der Waals surface area contributed by atoms with Gasteiger partial charge in [-0.3, -0.25) is 0 Å². The normalized spacial score (nSPS) is 12.4. The van der Waals surface area contributed by atoms with Gasteiger partial charge in [-0.25, -0.2) is 0 Å². The van der Waals surface area contributed by atoms with Crippen LogP contribution >= 0.6 is 27.7 Å². The number of nitrogens with one attached hydrogen (secondary N) is 1. The minimum absolute atomic E-state index is 0.308. The molecule has 0 heterocycles. The van der Waals surface area contributed by atoms with Crippen LogP contribution in [0.1, 0.15) is 38.8 Å². The summed E-state index contributed by atoms with van der Waals surface area (Å²) in [6, 6.07) is 6.55. The van der Waals surface area contributed by atoms with Crippen molar-refractivity contribution in [3.05, 3.63) is 28.2 Å². The Bertz CT molecular complexity index is 373. The maximum Gasteiger partial charge on any atom is 0.124 e. The fourth-order valence-electron chi connectivity index (χ4n) is 1.89. The van der Waals surface area contributed by atoms with Gasteiger partial charge in [-0.2, -0.15) is 11.8 Å². The first-order valence-electron chi connectivity index (χ1n) is 6.92. The number of rotatable bonds is 9. The van der Waals surface area contributed by atoms with E-state index in [2.05, 4.69) is 54.2 Å². The second-order valence-corrected chi connectivity index (χ2v) is 6.67. The number of thioether (sulfide) groups is 1. The molecule has 1 aromatic rings. The van der Waals surface area contributed by atoms with Crippen molar-refractivity contribution in [3.8, 4) is 5.75 Å². The minimum Gasteiger partial charge on any atom is -0.493 e. The molecule has 0 aliphatic heterocycles. The first kappa shape index (κ1) is 16.9. The van der Waals surface area contributed by atoms with Crippen LogP contribution in [0.2, 0.25) is 0 Å². The summed E-state index contributed by atoms with van der Waals surface area (Å²) < 4.78 is 7.03. The van der Waals surface area contributed by atoms with Gasteiger partial charge in [0.1, 0.15) is 5.75 Å². The third kappa shape index (κ3) is 6.19. The highest BCUT2D eigenvalue weighted by Gasteiger charge is 2.11. The lowest BCUT2D eigenvalue weighted by atomic mass is 10.1. The Kier molecular flexibility index (Phi) is 8.58. The van der Waals surface area contributed by atoms with Crippen molar-refractivity contribution in [1.82, 2.24) is 5.32 Å². The van der Waals surface area contributed by atoms with Gasteiger partial charge in [-0.15, -0.1) is 0 Å². The smallest absolute Gasteiger partial charge is 0.124 e. The molecular weight excluding hydrogens is 322 g/mol. The standard InChI is InChI=1S/C15H24BrNOS/c1-4-17-12(3)14-11-13(16)7-8-15(14)18-9-6-10-19-5-2/h7-8,11-12,17H,4-6,9-10H2,1-3H3. The lowest BCUT2D eigenvalue weighted by Gasteiger charge is -2.18. The first-order valence-corrected chi connectivity index (χ1v) is 8.87. The van der Waals surface area contributed by atoms with Gasteiger partial charge in [0.25, 0.3) is 0 Å². The van der Waals surface area contributed by atoms with E-state index in [1.165, 1.54) is 17.1 Å². The molecule has 2 nitrogen and oxygen atoms in total. The van der Waals surface area contributed by atoms with Gasteiger partial charge >= 0.3 is 0 Å². The van der Waals surface area contributed by atoms with E-state index in [1.54, 1.807) is 0 Å². The third-order valence-corrected chi connectivity index (χ3v) is 4.32. The van der Waals surface area contributed by atoms with Crippen LogP contribution in [-0.4, -0.2) is 24.7 Å². The summed E-state index contributed by atoms with van der Waals surface area (Å²) in [5.41, 5.74) is 1.22. The number of hydrogen-bond donors (Lipinski definition) is 1. The molecule has 0 saturated carbocycles. The Balaban J connectivity index is 2.60. The molecule has 19 heavy (non-hydrogen) atoms. The van der Waals surface area contributed by atoms with E-state index in [1.807, 2.05) is 17.8 Å². The summed E-state index contributed by atoms with van der Waals surface area (Å²) in [5, 5.41) is 3.44. The Morgan fingerprint density at radius 2 is 2.16 bits per heavy atom. The summed E-state index contributed by atoms with van der Waals surface area (Å²) in [7, 11) is 0. The van der Waals surface area contributed by atoms with Crippen LogP contribution in [-0.2, 0) is 0 Å². The summed E-state index contributed by atoms with van der Waals surface area (Å²) in [4.78, 5) is 0. The molecule has 0 bridgehead atoms. The lowest BCUT2D eigenvalue weighted by molar-refractivity contribution is 0.312. The number of halogens is 1. The van der Waals surface area contributed by atoms with Crippen LogP contribution in [0.25, 0.3) is 0 Å². The zero-order valence-electron chi connectivity index (χ0n) is 12.0. The predicted molar refractivity (Wildman–Crippen MR) is 89.3 cm³/mol. The van der Waals surface area contributed by atoms with E-state index in [0.717, 1.165) is 29.8 Å². The highest BCUT2D eigenvalue weighted by molar-refractivity contribution is 9.10. The molecule has 0 radical (unpaired) electrons. The molecule has 0 aliphatic carbocycles. The van der Waals surface area contributed by atoms with E-state index in [-0.39, 0.29) is 0 Å². The molecule has 0 aromatic heterocycles. The zero-order valence-corrected chi connectivity index (χ0v) is 14.4. The molecule has 1 N–H and O–H groups in total. The highest BCUT2D eigenvalue weighted by atomic mass is 79.9. The first-order chi connectivity index (χ1) is 9.19. The van der Waals surface area contributed by atoms with Crippen LogP contribution in [0.5, 0.6) is 5.75 Å². The summed E-state index contributed by atoms with van der Waals surface area (Å²) >= 11 is 5.50. The van der Waals surface area contributed by atoms with Crippen molar-refractivity contribution in [2.24, 2.45) is 0 Å². The van der Waals surface area contributed by atoms with E-state index < -0.39 is 0 Å². The van der Waals surface area contributed by atoms with Crippen LogP contribution < -0.4 is 10.1 Å². The van der Waals surface area contributed by atoms with Gasteiger partial charge in [0.2, 0.25) is 0 Å². The Morgan fingerprint density at radius 3 is 2.84 bits per heavy atom. The average molecular weight is 346 g/mol. The van der Waals surface area contributed by atoms with Gasteiger partial charge < -0.3 is 10.1 Å². The molecule has 4 heteroatoms. The van der Waals surface area contributed by atoms with Gasteiger partial charge in [0.15, 0.2) is 0 Å². The van der Waals surface area contributed by atoms with Crippen LogP contribution in [0, 0.1) is 0 Å². The Hall–Kier alpha value is -0.190. The molecule has 0 spiro atoms. The van der Waals surface area contributed by atoms with E-state index in [4.69, 9.17) is 4.74 Å². The maximum absolute atomic E-state index is 5.93. The van der Waals surface area contributed by atoms with Crippen molar-refractivity contribution in [2.75, 3.05) is 24.7 Å². The Morgan fingerprint density at radius 1 is 1.37 bits per heavy atom. The number of ether oxygens (including phenoxy) is 1. The highest BCUT2D eigenvalue weighted by Crippen LogP contribution is 2.28. The van der Waals surface area contributed by atoms with Gasteiger partial charge in [-0.05, 0) is 49.6 Å². The van der Waals surface area contributed by atoms with E-state index >= 15 is 0 Å². The fourth-order valence-corrected chi connectivity index (χ4v) is 2.88. The van der Waals surface area contributed by atoms with Gasteiger partial charge in [0, 0.05) is 16.1 Å². The monoisotopic (exact) mass is 345 g/mol. The average Bonchev–Trinajstić information content (AvgIpc) is 2.40. The topological polar surface area (TPSA) is 21.3 Å². The second kappa shape index (κ2) is 9.67. The van der Waals surface area contributed by atoms with Crippen LogP contribution in [0.15, 0.2) is 22.7 Å². The molecule has 0 amide bonds.